The van der Waals surface area contributed by atoms with Gasteiger partial charge in [0, 0.05) is 32.5 Å². The molecule has 41 heavy (non-hydrogen) atoms. The van der Waals surface area contributed by atoms with Crippen molar-refractivity contribution in [3.8, 4) is 0 Å². The van der Waals surface area contributed by atoms with Gasteiger partial charge in [-0.2, -0.15) is 4.31 Å². The summed E-state index contributed by atoms with van der Waals surface area (Å²) in [7, 11) is -3.90. The summed E-state index contributed by atoms with van der Waals surface area (Å²) >= 11 is -1.48. The van der Waals surface area contributed by atoms with E-state index in [4.69, 9.17) is 14.2 Å². The summed E-state index contributed by atoms with van der Waals surface area (Å²) in [6.07, 6.45) is 4.10. The highest BCUT2D eigenvalue weighted by Gasteiger charge is 2.52. The number of esters is 2. The molecule has 2 aromatic rings. The van der Waals surface area contributed by atoms with Crippen LogP contribution in [0.25, 0.3) is 0 Å². The van der Waals surface area contributed by atoms with Gasteiger partial charge in [-0.15, -0.1) is 4.31 Å². The Bertz CT molecular complexity index is 1280. The summed E-state index contributed by atoms with van der Waals surface area (Å²) in [5, 5.41) is 0. The van der Waals surface area contributed by atoms with Gasteiger partial charge in [0.05, 0.1) is 47.2 Å². The first-order valence-corrected chi connectivity index (χ1v) is 16.6. The summed E-state index contributed by atoms with van der Waals surface area (Å²) in [6, 6.07) is 12.3. The maximum atomic E-state index is 13.6. The highest BCUT2D eigenvalue weighted by atomic mass is 32.2. The topological polar surface area (TPSA) is 126 Å². The van der Waals surface area contributed by atoms with Crippen LogP contribution in [-0.4, -0.2) is 78.7 Å². The molecule has 0 radical (unpaired) electrons. The van der Waals surface area contributed by atoms with Gasteiger partial charge in [-0.3, -0.25) is 0 Å². The molecule has 2 aliphatic rings. The SMILES string of the molecule is CCCCOC(=O)c1ccc([S+]([O-])N2CCC3(CC2)OCCN3S(=O)(=O)c2ccc(C(=O)OCCCC)cc2)cc1. The fourth-order valence-corrected chi connectivity index (χ4v) is 7.76. The molecule has 2 heterocycles. The minimum absolute atomic E-state index is 0.0757. The van der Waals surface area contributed by atoms with Gasteiger partial charge in [-0.05, 0) is 61.4 Å². The molecule has 1 unspecified atom stereocenters. The number of benzene rings is 2. The molecule has 4 rings (SSSR count). The van der Waals surface area contributed by atoms with E-state index in [1.54, 1.807) is 28.6 Å². The number of carbonyl (C=O) groups excluding carboxylic acids is 2. The van der Waals surface area contributed by atoms with Gasteiger partial charge in [0.15, 0.2) is 4.90 Å². The predicted molar refractivity (Wildman–Crippen MR) is 153 cm³/mol. The molecule has 10 nitrogen and oxygen atoms in total. The van der Waals surface area contributed by atoms with Crippen LogP contribution in [0.1, 0.15) is 73.1 Å². The average molecular weight is 607 g/mol. The van der Waals surface area contributed by atoms with Crippen molar-refractivity contribution in [1.82, 2.24) is 8.61 Å². The molecular formula is C29H38N2O8S2. The molecule has 2 saturated heterocycles. The van der Waals surface area contributed by atoms with Crippen molar-refractivity contribution in [3.05, 3.63) is 59.7 Å². The van der Waals surface area contributed by atoms with E-state index in [0.717, 1.165) is 25.7 Å². The summed E-state index contributed by atoms with van der Waals surface area (Å²) < 4.78 is 60.2. The highest BCUT2D eigenvalue weighted by molar-refractivity contribution is 7.89. The Hall–Kier alpha value is -2.48. The number of sulfonamides is 1. The number of ether oxygens (including phenoxy) is 3. The van der Waals surface area contributed by atoms with Crippen molar-refractivity contribution >= 4 is 33.3 Å². The maximum absolute atomic E-state index is 13.6. The van der Waals surface area contributed by atoms with Crippen molar-refractivity contribution in [1.29, 1.82) is 0 Å². The minimum Gasteiger partial charge on any atom is -0.593 e. The van der Waals surface area contributed by atoms with E-state index in [1.165, 1.54) is 28.6 Å². The zero-order valence-electron chi connectivity index (χ0n) is 23.6. The van der Waals surface area contributed by atoms with E-state index in [-0.39, 0.29) is 18.0 Å². The van der Waals surface area contributed by atoms with Gasteiger partial charge >= 0.3 is 11.9 Å². The Kier molecular flexibility index (Phi) is 10.8. The Morgan fingerprint density at radius 2 is 1.39 bits per heavy atom. The summed E-state index contributed by atoms with van der Waals surface area (Å²) in [6.45, 7) is 5.91. The van der Waals surface area contributed by atoms with E-state index in [0.29, 0.717) is 55.2 Å². The monoisotopic (exact) mass is 606 g/mol. The van der Waals surface area contributed by atoms with E-state index >= 15 is 0 Å². The second-order valence-corrected chi connectivity index (χ2v) is 13.4. The van der Waals surface area contributed by atoms with Gasteiger partial charge in [-0.1, -0.05) is 26.7 Å². The Morgan fingerprint density at radius 1 is 0.878 bits per heavy atom. The third kappa shape index (κ3) is 7.30. The van der Waals surface area contributed by atoms with Crippen LogP contribution < -0.4 is 0 Å². The first-order valence-electron chi connectivity index (χ1n) is 14.1. The van der Waals surface area contributed by atoms with Crippen LogP contribution in [0, 0.1) is 0 Å². The predicted octanol–water partition coefficient (Wildman–Crippen LogP) is 4.14. The van der Waals surface area contributed by atoms with E-state index in [9.17, 15) is 22.6 Å². The number of hydrogen-bond acceptors (Lipinski definition) is 9. The van der Waals surface area contributed by atoms with Crippen molar-refractivity contribution in [2.45, 2.75) is 67.9 Å². The van der Waals surface area contributed by atoms with Gasteiger partial charge in [0.2, 0.25) is 10.0 Å². The Morgan fingerprint density at radius 3 is 1.90 bits per heavy atom. The van der Waals surface area contributed by atoms with Gasteiger partial charge in [0.25, 0.3) is 0 Å². The van der Waals surface area contributed by atoms with Crippen LogP contribution in [-0.2, 0) is 35.6 Å². The lowest BCUT2D eigenvalue weighted by atomic mass is 10.0. The van der Waals surface area contributed by atoms with Crippen molar-refractivity contribution in [2.24, 2.45) is 0 Å². The van der Waals surface area contributed by atoms with Gasteiger partial charge in [-0.25, -0.2) is 18.0 Å². The third-order valence-corrected chi connectivity index (χ3v) is 10.8. The maximum Gasteiger partial charge on any atom is 0.338 e. The lowest BCUT2D eigenvalue weighted by molar-refractivity contribution is -0.0806. The summed E-state index contributed by atoms with van der Waals surface area (Å²) in [4.78, 5) is 25.0. The lowest BCUT2D eigenvalue weighted by Gasteiger charge is -2.42. The molecule has 12 heteroatoms. The standard InChI is InChI=1S/C29H38N2O8S2/c1-3-5-20-37-27(32)23-7-11-25(12-8-23)40(34)30-17-15-29(16-18-30)31(19-22-39-29)41(35,36)26-13-9-24(10-14-26)28(33)38-21-6-4-2/h7-14H,3-6,15-22H2,1-2H3. The van der Waals surface area contributed by atoms with E-state index in [1.807, 2.05) is 13.8 Å². The normalized spacial score (nSPS) is 18.3. The van der Waals surface area contributed by atoms with Gasteiger partial charge < -0.3 is 18.8 Å². The van der Waals surface area contributed by atoms with Crippen LogP contribution in [0.2, 0.25) is 0 Å². The zero-order valence-corrected chi connectivity index (χ0v) is 25.2. The molecule has 0 amide bonds. The van der Waals surface area contributed by atoms with Crippen LogP contribution in [0.15, 0.2) is 58.3 Å². The number of hydrogen-bond donors (Lipinski definition) is 0. The smallest absolute Gasteiger partial charge is 0.338 e. The van der Waals surface area contributed by atoms with Gasteiger partial charge in [0.1, 0.15) is 5.72 Å². The number of rotatable bonds is 12. The molecule has 0 aliphatic carbocycles. The number of carbonyl (C=O) groups is 2. The van der Waals surface area contributed by atoms with Crippen molar-refractivity contribution in [2.75, 3.05) is 39.5 Å². The molecule has 2 aromatic carbocycles. The molecule has 1 spiro atoms. The molecule has 2 fully saturated rings. The molecule has 0 saturated carbocycles. The average Bonchev–Trinajstić information content (AvgIpc) is 3.41. The second kappa shape index (κ2) is 14.1. The molecule has 224 valence electrons. The van der Waals surface area contributed by atoms with Crippen LogP contribution >= 0.6 is 0 Å². The lowest BCUT2D eigenvalue weighted by Crippen LogP contribution is -2.55. The third-order valence-electron chi connectivity index (χ3n) is 7.29. The highest BCUT2D eigenvalue weighted by Crippen LogP contribution is 2.39. The molecule has 0 N–H and O–H groups in total. The summed E-state index contributed by atoms with van der Waals surface area (Å²) in [5.41, 5.74) is -0.325. The van der Waals surface area contributed by atoms with E-state index in [2.05, 4.69) is 0 Å². The molecule has 2 aliphatic heterocycles. The summed E-state index contributed by atoms with van der Waals surface area (Å²) in [5.74, 6) is -0.887. The van der Waals surface area contributed by atoms with Crippen LogP contribution in [0.4, 0.5) is 0 Å². The molecule has 0 bridgehead atoms. The molecular weight excluding hydrogens is 568 g/mol. The fourth-order valence-electron chi connectivity index (χ4n) is 4.86. The fraction of sp³-hybridized carbons (Fsp3) is 0.517. The number of piperidine rings is 1. The number of unbranched alkanes of at least 4 members (excludes halogenated alkanes) is 2. The first kappa shape index (κ1) is 31.5. The minimum atomic E-state index is -3.90. The van der Waals surface area contributed by atoms with Crippen LogP contribution in [0.5, 0.6) is 0 Å². The Balaban J connectivity index is 1.38. The van der Waals surface area contributed by atoms with Crippen LogP contribution in [0.3, 0.4) is 0 Å². The first-order chi connectivity index (χ1) is 19.7. The number of nitrogens with zero attached hydrogens (tertiary/aromatic N) is 2. The van der Waals surface area contributed by atoms with Crippen molar-refractivity contribution in [3.63, 3.8) is 0 Å². The largest absolute Gasteiger partial charge is 0.593 e. The Labute approximate surface area is 245 Å². The molecule has 0 aromatic heterocycles. The molecule has 1 atom stereocenters. The quantitative estimate of drug-likeness (QED) is 0.199. The zero-order chi connectivity index (χ0) is 29.5. The second-order valence-electron chi connectivity index (χ2n) is 10.1. The van der Waals surface area contributed by atoms with E-state index < -0.39 is 39.0 Å². The van der Waals surface area contributed by atoms with Crippen molar-refractivity contribution < 1.29 is 36.8 Å².